The first-order valence-electron chi connectivity index (χ1n) is 8.47. The van der Waals surface area contributed by atoms with E-state index >= 15 is 0 Å². The maximum Gasteiger partial charge on any atom is 0.163 e. The van der Waals surface area contributed by atoms with Crippen molar-refractivity contribution in [1.29, 1.82) is 0 Å². The van der Waals surface area contributed by atoms with Crippen molar-refractivity contribution in [2.45, 2.75) is 39.4 Å². The van der Waals surface area contributed by atoms with Gasteiger partial charge in [0.15, 0.2) is 5.82 Å². The summed E-state index contributed by atoms with van der Waals surface area (Å²) >= 11 is 0. The first-order valence-corrected chi connectivity index (χ1v) is 8.47. The number of hydrogen-bond acceptors (Lipinski definition) is 6. The van der Waals surface area contributed by atoms with E-state index in [4.69, 9.17) is 9.97 Å². The van der Waals surface area contributed by atoms with Gasteiger partial charge in [-0.15, -0.1) is 0 Å². The second-order valence-corrected chi connectivity index (χ2v) is 6.46. The molecule has 1 aliphatic heterocycles. The molecule has 3 N–H and O–H groups in total. The number of nitrogens with zero attached hydrogens (tertiary/aromatic N) is 4. The molecule has 25 heavy (non-hydrogen) atoms. The molecule has 4 rings (SSSR count). The summed E-state index contributed by atoms with van der Waals surface area (Å²) in [7, 11) is 0. The van der Waals surface area contributed by atoms with Crippen LogP contribution < -0.4 is 10.6 Å². The largest absolute Gasteiger partial charge is 0.367 e. The Morgan fingerprint density at radius 3 is 2.96 bits per heavy atom. The Labute approximate surface area is 146 Å². The van der Waals surface area contributed by atoms with E-state index in [2.05, 4.69) is 38.8 Å². The molecule has 0 fully saturated rings. The number of nitrogens with one attached hydrogen (secondary N) is 3. The van der Waals surface area contributed by atoms with Gasteiger partial charge >= 0.3 is 0 Å². The van der Waals surface area contributed by atoms with Crippen LogP contribution in [0.4, 0.5) is 5.82 Å². The molecule has 0 amide bonds. The van der Waals surface area contributed by atoms with Crippen LogP contribution >= 0.6 is 0 Å². The SMILES string of the molecule is Cc1cc(C[C@@H](C)Nc2nc(-c3cccnc3)nc3c2CNC3)n[nH]1. The highest BCUT2D eigenvalue weighted by molar-refractivity contribution is 5.60. The number of rotatable bonds is 5. The van der Waals surface area contributed by atoms with Crippen LogP contribution in [0.1, 0.15) is 29.6 Å². The molecule has 4 heterocycles. The zero-order chi connectivity index (χ0) is 17.2. The van der Waals surface area contributed by atoms with Crippen LogP contribution in [0.25, 0.3) is 11.4 Å². The lowest BCUT2D eigenvalue weighted by atomic mass is 10.1. The molecule has 0 radical (unpaired) electrons. The molecule has 0 spiro atoms. The molecular weight excluding hydrogens is 314 g/mol. The van der Waals surface area contributed by atoms with E-state index in [-0.39, 0.29) is 6.04 Å². The number of aromatic amines is 1. The number of aryl methyl sites for hydroxylation is 1. The highest BCUT2D eigenvalue weighted by Gasteiger charge is 2.21. The Hall–Kier alpha value is -2.80. The van der Waals surface area contributed by atoms with Crippen LogP contribution in [0, 0.1) is 6.92 Å². The normalized spacial score (nSPS) is 14.3. The first kappa shape index (κ1) is 15.7. The standard InChI is InChI=1S/C18H21N7/c1-11(6-14-7-12(2)24-25-14)21-18-15-9-20-10-16(15)22-17(23-18)13-4-3-5-19-8-13/h3-5,7-8,11,20H,6,9-10H2,1-2H3,(H,24,25)(H,21,22,23)/t11-/m1/s1. The zero-order valence-electron chi connectivity index (χ0n) is 14.4. The van der Waals surface area contributed by atoms with Crippen LogP contribution in [0.5, 0.6) is 0 Å². The average molecular weight is 335 g/mol. The van der Waals surface area contributed by atoms with Gasteiger partial charge in [0.05, 0.1) is 11.4 Å². The van der Waals surface area contributed by atoms with Crippen molar-refractivity contribution >= 4 is 5.82 Å². The van der Waals surface area contributed by atoms with Crippen LogP contribution in [-0.4, -0.2) is 31.2 Å². The van der Waals surface area contributed by atoms with Gasteiger partial charge in [-0.1, -0.05) is 0 Å². The number of aromatic nitrogens is 5. The van der Waals surface area contributed by atoms with E-state index in [1.807, 2.05) is 19.1 Å². The van der Waals surface area contributed by atoms with Gasteiger partial charge in [-0.25, -0.2) is 9.97 Å². The summed E-state index contributed by atoms with van der Waals surface area (Å²) in [6.07, 6.45) is 4.38. The van der Waals surface area contributed by atoms with Gasteiger partial charge in [-0.3, -0.25) is 10.1 Å². The molecule has 7 heteroatoms. The molecule has 3 aromatic rings. The van der Waals surface area contributed by atoms with Crippen LogP contribution in [0.3, 0.4) is 0 Å². The van der Waals surface area contributed by atoms with Crippen molar-refractivity contribution < 1.29 is 0 Å². The van der Waals surface area contributed by atoms with E-state index < -0.39 is 0 Å². The van der Waals surface area contributed by atoms with Gasteiger partial charge in [-0.2, -0.15) is 5.10 Å². The summed E-state index contributed by atoms with van der Waals surface area (Å²) in [5.74, 6) is 1.61. The summed E-state index contributed by atoms with van der Waals surface area (Å²) in [4.78, 5) is 13.7. The summed E-state index contributed by atoms with van der Waals surface area (Å²) in [6.45, 7) is 5.72. The molecule has 1 aliphatic rings. The lowest BCUT2D eigenvalue weighted by molar-refractivity contribution is 0.748. The van der Waals surface area contributed by atoms with Crippen molar-refractivity contribution in [3.05, 3.63) is 53.2 Å². The van der Waals surface area contributed by atoms with Gasteiger partial charge in [0.2, 0.25) is 0 Å². The second kappa shape index (κ2) is 6.60. The molecule has 128 valence electrons. The minimum atomic E-state index is 0.212. The number of pyridine rings is 1. The lowest BCUT2D eigenvalue weighted by Crippen LogP contribution is -2.21. The maximum absolute atomic E-state index is 4.77. The Morgan fingerprint density at radius 2 is 2.20 bits per heavy atom. The molecule has 7 nitrogen and oxygen atoms in total. The molecule has 3 aromatic heterocycles. The molecule has 0 aromatic carbocycles. The molecule has 0 saturated heterocycles. The lowest BCUT2D eigenvalue weighted by Gasteiger charge is -2.16. The first-order chi connectivity index (χ1) is 12.2. The Kier molecular flexibility index (Phi) is 4.15. The van der Waals surface area contributed by atoms with E-state index in [9.17, 15) is 0 Å². The number of H-pyrrole nitrogens is 1. The van der Waals surface area contributed by atoms with Gasteiger partial charge in [0.1, 0.15) is 5.82 Å². The predicted octanol–water partition coefficient (Wildman–Crippen LogP) is 2.22. The summed E-state index contributed by atoms with van der Waals surface area (Å²) in [5.41, 5.74) is 5.26. The highest BCUT2D eigenvalue weighted by Crippen LogP contribution is 2.26. The molecule has 0 unspecified atom stereocenters. The predicted molar refractivity (Wildman–Crippen MR) is 95.9 cm³/mol. The fourth-order valence-electron chi connectivity index (χ4n) is 3.09. The number of fused-ring (bicyclic) bond motifs is 1. The third-order valence-corrected chi connectivity index (χ3v) is 4.26. The number of hydrogen-bond donors (Lipinski definition) is 3. The van der Waals surface area contributed by atoms with E-state index in [1.54, 1.807) is 12.4 Å². The Morgan fingerprint density at radius 1 is 1.28 bits per heavy atom. The third-order valence-electron chi connectivity index (χ3n) is 4.26. The van der Waals surface area contributed by atoms with Gasteiger partial charge in [0.25, 0.3) is 0 Å². The third kappa shape index (κ3) is 3.36. The van der Waals surface area contributed by atoms with Crippen molar-refractivity contribution in [3.63, 3.8) is 0 Å². The van der Waals surface area contributed by atoms with E-state index in [0.717, 1.165) is 53.5 Å². The fraction of sp³-hybridized carbons (Fsp3) is 0.333. The quantitative estimate of drug-likeness (QED) is 0.662. The Balaban J connectivity index is 1.61. The van der Waals surface area contributed by atoms with Crippen molar-refractivity contribution in [2.75, 3.05) is 5.32 Å². The van der Waals surface area contributed by atoms with Gasteiger partial charge in [-0.05, 0) is 32.0 Å². The molecule has 0 bridgehead atoms. The fourth-order valence-corrected chi connectivity index (χ4v) is 3.09. The average Bonchev–Trinajstić information content (AvgIpc) is 3.24. The smallest absolute Gasteiger partial charge is 0.163 e. The molecule has 0 saturated carbocycles. The van der Waals surface area contributed by atoms with Crippen molar-refractivity contribution in [2.24, 2.45) is 0 Å². The van der Waals surface area contributed by atoms with E-state index in [1.165, 1.54) is 0 Å². The van der Waals surface area contributed by atoms with Crippen LogP contribution in [0.15, 0.2) is 30.6 Å². The topological polar surface area (TPSA) is 91.4 Å². The van der Waals surface area contributed by atoms with Crippen LogP contribution in [0.2, 0.25) is 0 Å². The van der Waals surface area contributed by atoms with Crippen molar-refractivity contribution in [3.8, 4) is 11.4 Å². The summed E-state index contributed by atoms with van der Waals surface area (Å²) < 4.78 is 0. The summed E-state index contributed by atoms with van der Waals surface area (Å²) in [5, 5.41) is 14.2. The summed E-state index contributed by atoms with van der Waals surface area (Å²) in [6, 6.07) is 6.17. The number of anilines is 1. The Bertz CT molecular complexity index is 872. The van der Waals surface area contributed by atoms with Crippen molar-refractivity contribution in [1.82, 2.24) is 30.5 Å². The minimum absolute atomic E-state index is 0.212. The van der Waals surface area contributed by atoms with Gasteiger partial charge < -0.3 is 10.6 Å². The minimum Gasteiger partial charge on any atom is -0.367 e. The van der Waals surface area contributed by atoms with E-state index in [0.29, 0.717) is 5.82 Å². The molecular formula is C18H21N7. The second-order valence-electron chi connectivity index (χ2n) is 6.46. The highest BCUT2D eigenvalue weighted by atomic mass is 15.1. The zero-order valence-corrected chi connectivity index (χ0v) is 14.4. The monoisotopic (exact) mass is 335 g/mol. The maximum atomic E-state index is 4.77. The van der Waals surface area contributed by atoms with Crippen LogP contribution in [-0.2, 0) is 19.5 Å². The molecule has 0 aliphatic carbocycles. The molecule has 1 atom stereocenters. The van der Waals surface area contributed by atoms with Gasteiger partial charge in [0, 0.05) is 54.8 Å².